The van der Waals surface area contributed by atoms with Crippen molar-refractivity contribution < 1.29 is 13.2 Å². The molecule has 1 fully saturated rings. The van der Waals surface area contributed by atoms with Crippen molar-refractivity contribution in [3.05, 3.63) is 11.9 Å². The van der Waals surface area contributed by atoms with Crippen LogP contribution in [0.1, 0.15) is 12.1 Å². The molecule has 0 bridgehead atoms. The summed E-state index contributed by atoms with van der Waals surface area (Å²) < 4.78 is 25.7. The summed E-state index contributed by atoms with van der Waals surface area (Å²) in [6.45, 7) is 2.35. The summed E-state index contributed by atoms with van der Waals surface area (Å²) in [5.74, 6) is -0.271. The van der Waals surface area contributed by atoms with Gasteiger partial charge >= 0.3 is 0 Å². The molecule has 17 heavy (non-hydrogen) atoms. The number of H-pyrrole nitrogens is 1. The van der Waals surface area contributed by atoms with Crippen LogP contribution in [0.5, 0.6) is 0 Å². The first-order valence-corrected chi connectivity index (χ1v) is 6.72. The topological polar surface area (TPSA) is 95.2 Å². The second-order valence-corrected chi connectivity index (χ2v) is 5.81. The minimum atomic E-state index is -3.63. The smallest absolute Gasteiger partial charge is 0.246 e. The molecular formula is C9H14N4O3S. The van der Waals surface area contributed by atoms with E-state index in [-0.39, 0.29) is 17.3 Å². The van der Waals surface area contributed by atoms with Crippen molar-refractivity contribution in [2.45, 2.75) is 18.2 Å². The van der Waals surface area contributed by atoms with E-state index in [4.69, 9.17) is 0 Å². The first-order chi connectivity index (χ1) is 8.01. The molecule has 1 saturated heterocycles. The maximum atomic E-state index is 12.3. The molecule has 0 spiro atoms. The lowest BCUT2D eigenvalue weighted by molar-refractivity contribution is -0.120. The Hall–Kier alpha value is -1.41. The van der Waals surface area contributed by atoms with Crippen LogP contribution in [0.3, 0.4) is 0 Å². The fraction of sp³-hybridized carbons (Fsp3) is 0.556. The summed E-state index contributed by atoms with van der Waals surface area (Å²) in [6.07, 6.45) is 1.88. The Labute approximate surface area is 99.2 Å². The van der Waals surface area contributed by atoms with Gasteiger partial charge in [-0.05, 0) is 13.3 Å². The first-order valence-electron chi connectivity index (χ1n) is 5.28. The van der Waals surface area contributed by atoms with Crippen molar-refractivity contribution in [1.29, 1.82) is 0 Å². The average Bonchev–Trinajstić information content (AvgIpc) is 2.57. The second-order valence-electron chi connectivity index (χ2n) is 3.90. The average molecular weight is 258 g/mol. The molecule has 1 aliphatic rings. The van der Waals surface area contributed by atoms with Gasteiger partial charge in [-0.3, -0.25) is 9.89 Å². The number of nitrogens with zero attached hydrogens (tertiary/aromatic N) is 2. The highest BCUT2D eigenvalue weighted by Crippen LogP contribution is 2.18. The van der Waals surface area contributed by atoms with Crippen LogP contribution < -0.4 is 5.32 Å². The normalized spacial score (nSPS) is 18.8. The molecule has 0 saturated carbocycles. The van der Waals surface area contributed by atoms with Crippen LogP contribution in [-0.4, -0.2) is 48.5 Å². The summed E-state index contributed by atoms with van der Waals surface area (Å²) in [7, 11) is -3.63. The minimum Gasteiger partial charge on any atom is -0.355 e. The molecule has 0 radical (unpaired) electrons. The van der Waals surface area contributed by atoms with E-state index < -0.39 is 10.0 Å². The molecule has 1 amide bonds. The standard InChI is InChI=1S/C9H14N4O3S/c1-7-8(5-11-12-7)17(15,16)13-4-2-3-10-9(14)6-13/h5H,2-4,6H2,1H3,(H,10,14)(H,11,12). The van der Waals surface area contributed by atoms with Gasteiger partial charge in [-0.25, -0.2) is 8.42 Å². The number of hydrogen-bond donors (Lipinski definition) is 2. The number of carbonyl (C=O) groups is 1. The largest absolute Gasteiger partial charge is 0.355 e. The zero-order chi connectivity index (χ0) is 12.5. The Morgan fingerprint density at radius 2 is 2.24 bits per heavy atom. The van der Waals surface area contributed by atoms with Crippen molar-refractivity contribution in [3.63, 3.8) is 0 Å². The number of hydrogen-bond acceptors (Lipinski definition) is 4. The van der Waals surface area contributed by atoms with E-state index in [1.807, 2.05) is 0 Å². The molecule has 0 atom stereocenters. The van der Waals surface area contributed by atoms with Crippen molar-refractivity contribution in [3.8, 4) is 0 Å². The van der Waals surface area contributed by atoms with Crippen LogP contribution in [0, 0.1) is 6.92 Å². The van der Waals surface area contributed by atoms with Crippen LogP contribution in [0.25, 0.3) is 0 Å². The maximum Gasteiger partial charge on any atom is 0.246 e. The molecule has 1 aromatic heterocycles. The molecule has 2 rings (SSSR count). The highest BCUT2D eigenvalue weighted by atomic mass is 32.2. The summed E-state index contributed by atoms with van der Waals surface area (Å²) in [6, 6.07) is 0. The predicted molar refractivity (Wildman–Crippen MR) is 59.7 cm³/mol. The molecule has 1 aromatic rings. The number of carbonyl (C=O) groups excluding carboxylic acids is 1. The van der Waals surface area contributed by atoms with E-state index in [2.05, 4.69) is 15.5 Å². The number of aromatic amines is 1. The predicted octanol–water partition coefficient (Wildman–Crippen LogP) is -0.771. The van der Waals surface area contributed by atoms with Gasteiger partial charge in [0.2, 0.25) is 15.9 Å². The quantitative estimate of drug-likeness (QED) is 0.728. The van der Waals surface area contributed by atoms with Gasteiger partial charge in [0.05, 0.1) is 18.4 Å². The van der Waals surface area contributed by atoms with Gasteiger partial charge in [0.15, 0.2) is 0 Å². The Kier molecular flexibility index (Phi) is 3.16. The van der Waals surface area contributed by atoms with Crippen LogP contribution >= 0.6 is 0 Å². The van der Waals surface area contributed by atoms with Gasteiger partial charge in [-0.2, -0.15) is 9.40 Å². The van der Waals surface area contributed by atoms with Crippen LogP contribution in [0.4, 0.5) is 0 Å². The summed E-state index contributed by atoms with van der Waals surface area (Å²) in [5, 5.41) is 8.92. The zero-order valence-electron chi connectivity index (χ0n) is 9.43. The lowest BCUT2D eigenvalue weighted by Gasteiger charge is -2.17. The maximum absolute atomic E-state index is 12.3. The molecule has 94 valence electrons. The number of aryl methyl sites for hydroxylation is 1. The molecular weight excluding hydrogens is 244 g/mol. The van der Waals surface area contributed by atoms with Gasteiger partial charge < -0.3 is 5.32 Å². The molecule has 0 aromatic carbocycles. The number of amides is 1. The Balaban J connectivity index is 2.32. The Morgan fingerprint density at radius 1 is 1.47 bits per heavy atom. The number of nitrogens with one attached hydrogen (secondary N) is 2. The van der Waals surface area contributed by atoms with E-state index in [0.717, 1.165) is 0 Å². The third kappa shape index (κ3) is 2.32. The van der Waals surface area contributed by atoms with Crippen LogP contribution in [0.2, 0.25) is 0 Å². The third-order valence-corrected chi connectivity index (χ3v) is 4.59. The summed E-state index contributed by atoms with van der Waals surface area (Å²) in [5.41, 5.74) is 0.481. The van der Waals surface area contributed by atoms with E-state index >= 15 is 0 Å². The SMILES string of the molecule is Cc1[nH]ncc1S(=O)(=O)N1CCCNC(=O)C1. The van der Waals surface area contributed by atoms with Crippen LogP contribution in [0.15, 0.2) is 11.1 Å². The molecule has 2 heterocycles. The molecule has 0 aliphatic carbocycles. The van der Waals surface area contributed by atoms with Gasteiger partial charge in [-0.1, -0.05) is 0 Å². The first kappa shape index (κ1) is 12.1. The van der Waals surface area contributed by atoms with Crippen molar-refractivity contribution in [2.24, 2.45) is 0 Å². The molecule has 1 aliphatic heterocycles. The monoisotopic (exact) mass is 258 g/mol. The lowest BCUT2D eigenvalue weighted by atomic mass is 10.4. The molecule has 0 unspecified atom stereocenters. The van der Waals surface area contributed by atoms with Gasteiger partial charge in [0.25, 0.3) is 0 Å². The van der Waals surface area contributed by atoms with E-state index in [0.29, 0.717) is 25.2 Å². The van der Waals surface area contributed by atoms with E-state index in [1.165, 1.54) is 10.5 Å². The molecule has 7 nitrogen and oxygen atoms in total. The number of rotatable bonds is 2. The molecule has 2 N–H and O–H groups in total. The fourth-order valence-electron chi connectivity index (χ4n) is 1.72. The summed E-state index contributed by atoms with van der Waals surface area (Å²) in [4.78, 5) is 11.5. The highest BCUT2D eigenvalue weighted by Gasteiger charge is 2.29. The van der Waals surface area contributed by atoms with Gasteiger partial charge in [0, 0.05) is 13.1 Å². The Morgan fingerprint density at radius 3 is 2.88 bits per heavy atom. The summed E-state index contributed by atoms with van der Waals surface area (Å²) >= 11 is 0. The number of sulfonamides is 1. The third-order valence-electron chi connectivity index (χ3n) is 2.63. The van der Waals surface area contributed by atoms with E-state index in [1.54, 1.807) is 6.92 Å². The molecule has 8 heteroatoms. The van der Waals surface area contributed by atoms with Crippen LogP contribution in [-0.2, 0) is 14.8 Å². The van der Waals surface area contributed by atoms with Gasteiger partial charge in [0.1, 0.15) is 4.90 Å². The fourth-order valence-corrected chi connectivity index (χ4v) is 3.28. The van der Waals surface area contributed by atoms with Gasteiger partial charge in [-0.15, -0.1) is 0 Å². The lowest BCUT2D eigenvalue weighted by Crippen LogP contribution is -2.37. The number of aromatic nitrogens is 2. The van der Waals surface area contributed by atoms with E-state index in [9.17, 15) is 13.2 Å². The Bertz CT molecular complexity index is 522. The van der Waals surface area contributed by atoms with Crippen molar-refractivity contribution >= 4 is 15.9 Å². The van der Waals surface area contributed by atoms with Crippen molar-refractivity contribution in [2.75, 3.05) is 19.6 Å². The highest BCUT2D eigenvalue weighted by molar-refractivity contribution is 7.89. The second kappa shape index (κ2) is 4.46. The van der Waals surface area contributed by atoms with Crippen molar-refractivity contribution in [1.82, 2.24) is 19.8 Å². The minimum absolute atomic E-state index is 0.132. The zero-order valence-corrected chi connectivity index (χ0v) is 10.2.